The van der Waals surface area contributed by atoms with Crippen LogP contribution in [0.4, 0.5) is 0 Å². The van der Waals surface area contributed by atoms with Crippen LogP contribution in [-0.4, -0.2) is 34.5 Å². The molecule has 0 spiro atoms. The summed E-state index contributed by atoms with van der Waals surface area (Å²) in [6, 6.07) is 0. The summed E-state index contributed by atoms with van der Waals surface area (Å²) >= 11 is 0. The van der Waals surface area contributed by atoms with E-state index < -0.39 is 10.8 Å². The Morgan fingerprint density at radius 2 is 2.12 bits per heavy atom. The maximum atomic E-state index is 12.1. The summed E-state index contributed by atoms with van der Waals surface area (Å²) < 4.78 is 17.5. The van der Waals surface area contributed by atoms with Crippen LogP contribution in [0.15, 0.2) is 0 Å². The molecule has 1 rings (SSSR count). The van der Waals surface area contributed by atoms with Crippen molar-refractivity contribution in [3.63, 3.8) is 0 Å². The molecule has 2 N–H and O–H groups in total. The van der Waals surface area contributed by atoms with Crippen molar-refractivity contribution < 1.29 is 8.95 Å². The molecule has 0 radical (unpaired) electrons. The molecule has 17 heavy (non-hydrogen) atoms. The van der Waals surface area contributed by atoms with Crippen LogP contribution in [0.5, 0.6) is 0 Å². The topological polar surface area (TPSA) is 52.3 Å². The summed E-state index contributed by atoms with van der Waals surface area (Å²) in [5.74, 6) is 0.818. The van der Waals surface area contributed by atoms with E-state index in [0.717, 1.165) is 44.6 Å². The smallest absolute Gasteiger partial charge is 0.0691 e. The molecule has 0 aromatic rings. The fourth-order valence-electron chi connectivity index (χ4n) is 2.16. The molecule has 1 saturated heterocycles. The summed E-state index contributed by atoms with van der Waals surface area (Å²) in [4.78, 5) is 0. The molecule has 1 aliphatic rings. The Morgan fingerprint density at radius 1 is 1.41 bits per heavy atom. The van der Waals surface area contributed by atoms with E-state index in [0.29, 0.717) is 0 Å². The summed E-state index contributed by atoms with van der Waals surface area (Å²) in [5, 5.41) is 0.262. The van der Waals surface area contributed by atoms with Gasteiger partial charge in [-0.2, -0.15) is 0 Å². The zero-order valence-corrected chi connectivity index (χ0v) is 12.2. The molecule has 3 nitrogen and oxygen atoms in total. The predicted molar refractivity (Wildman–Crippen MR) is 73.5 cm³/mol. The van der Waals surface area contributed by atoms with Crippen LogP contribution in [0.2, 0.25) is 0 Å². The number of hydrogen-bond acceptors (Lipinski definition) is 3. The molecule has 1 fully saturated rings. The monoisotopic (exact) mass is 261 g/mol. The molecule has 0 amide bonds. The molecular weight excluding hydrogens is 234 g/mol. The molecule has 0 aliphatic carbocycles. The standard InChI is InChI=1S/C13H27NO2S/c1-11-12(6-8-16-11)17(15)9-5-4-7-13(2,3)10-14/h11-12H,4-10,14H2,1-3H3. The fourth-order valence-corrected chi connectivity index (χ4v) is 3.82. The fraction of sp³-hybridized carbons (Fsp3) is 1.00. The quantitative estimate of drug-likeness (QED) is 0.714. The van der Waals surface area contributed by atoms with Crippen LogP contribution in [0.3, 0.4) is 0 Å². The van der Waals surface area contributed by atoms with Crippen molar-refractivity contribution in [2.75, 3.05) is 18.9 Å². The van der Waals surface area contributed by atoms with Crippen molar-refractivity contribution in [2.45, 2.75) is 57.8 Å². The third-order valence-electron chi connectivity index (χ3n) is 3.65. The zero-order valence-electron chi connectivity index (χ0n) is 11.4. The third-order valence-corrected chi connectivity index (χ3v) is 5.63. The van der Waals surface area contributed by atoms with Crippen LogP contribution < -0.4 is 5.73 Å². The molecule has 0 bridgehead atoms. The average molecular weight is 261 g/mol. The van der Waals surface area contributed by atoms with E-state index in [9.17, 15) is 4.21 Å². The first-order chi connectivity index (χ1) is 7.96. The van der Waals surface area contributed by atoms with E-state index in [2.05, 4.69) is 13.8 Å². The van der Waals surface area contributed by atoms with E-state index in [4.69, 9.17) is 10.5 Å². The predicted octanol–water partition coefficient (Wildman–Crippen LogP) is 2.07. The molecule has 102 valence electrons. The summed E-state index contributed by atoms with van der Waals surface area (Å²) in [6.45, 7) is 7.92. The summed E-state index contributed by atoms with van der Waals surface area (Å²) in [7, 11) is -0.712. The van der Waals surface area contributed by atoms with Crippen molar-refractivity contribution in [2.24, 2.45) is 11.1 Å². The lowest BCUT2D eigenvalue weighted by Gasteiger charge is -2.22. The Kier molecular flexibility index (Phi) is 6.10. The van der Waals surface area contributed by atoms with E-state index >= 15 is 0 Å². The van der Waals surface area contributed by atoms with Crippen molar-refractivity contribution in [3.8, 4) is 0 Å². The SMILES string of the molecule is CC1OCCC1S(=O)CCCCC(C)(C)CN. The highest BCUT2D eigenvalue weighted by atomic mass is 32.2. The van der Waals surface area contributed by atoms with Gasteiger partial charge >= 0.3 is 0 Å². The normalized spacial score (nSPS) is 27.3. The largest absolute Gasteiger partial charge is 0.377 e. The Labute approximate surface area is 108 Å². The van der Waals surface area contributed by atoms with Crippen molar-refractivity contribution in [1.29, 1.82) is 0 Å². The Morgan fingerprint density at radius 3 is 2.65 bits per heavy atom. The Hall–Kier alpha value is 0.0700. The van der Waals surface area contributed by atoms with Crippen LogP contribution in [0.25, 0.3) is 0 Å². The second kappa shape index (κ2) is 6.86. The van der Waals surface area contributed by atoms with Gasteiger partial charge in [0.2, 0.25) is 0 Å². The summed E-state index contributed by atoms with van der Waals surface area (Å²) in [6.07, 6.45) is 4.42. The van der Waals surface area contributed by atoms with Gasteiger partial charge in [0.25, 0.3) is 0 Å². The highest BCUT2D eigenvalue weighted by Gasteiger charge is 2.29. The van der Waals surface area contributed by atoms with Crippen molar-refractivity contribution >= 4 is 10.8 Å². The number of ether oxygens (including phenoxy) is 1. The van der Waals surface area contributed by atoms with E-state index in [-0.39, 0.29) is 16.8 Å². The van der Waals surface area contributed by atoms with Crippen LogP contribution in [0.1, 0.15) is 46.5 Å². The van der Waals surface area contributed by atoms with Crippen LogP contribution in [-0.2, 0) is 15.5 Å². The molecule has 4 heteroatoms. The van der Waals surface area contributed by atoms with Gasteiger partial charge in [-0.05, 0) is 38.1 Å². The Bertz CT molecular complexity index is 256. The molecule has 0 aromatic heterocycles. The van der Waals surface area contributed by atoms with Gasteiger partial charge in [0, 0.05) is 23.2 Å². The molecule has 1 aliphatic heterocycles. The van der Waals surface area contributed by atoms with Gasteiger partial charge in [0.05, 0.1) is 11.4 Å². The number of unbranched alkanes of at least 4 members (excludes halogenated alkanes) is 1. The lowest BCUT2D eigenvalue weighted by atomic mass is 9.88. The number of nitrogens with two attached hydrogens (primary N) is 1. The minimum Gasteiger partial charge on any atom is -0.377 e. The molecule has 1 heterocycles. The average Bonchev–Trinajstić information content (AvgIpc) is 2.71. The van der Waals surface area contributed by atoms with Gasteiger partial charge in [-0.1, -0.05) is 20.3 Å². The van der Waals surface area contributed by atoms with Gasteiger partial charge in [-0.3, -0.25) is 4.21 Å². The number of rotatable bonds is 7. The second-order valence-corrected chi connectivity index (χ2v) is 7.59. The highest BCUT2D eigenvalue weighted by Crippen LogP contribution is 2.23. The molecule has 3 unspecified atom stereocenters. The highest BCUT2D eigenvalue weighted by molar-refractivity contribution is 7.85. The van der Waals surface area contributed by atoms with Crippen LogP contribution in [0, 0.1) is 5.41 Å². The first kappa shape index (κ1) is 15.1. The van der Waals surface area contributed by atoms with Gasteiger partial charge in [-0.25, -0.2) is 0 Å². The van der Waals surface area contributed by atoms with Gasteiger partial charge in [-0.15, -0.1) is 0 Å². The van der Waals surface area contributed by atoms with E-state index in [1.54, 1.807) is 0 Å². The van der Waals surface area contributed by atoms with Gasteiger partial charge in [0.15, 0.2) is 0 Å². The molecule has 0 saturated carbocycles. The molecule has 3 atom stereocenters. The van der Waals surface area contributed by atoms with Gasteiger partial charge in [0.1, 0.15) is 0 Å². The maximum absolute atomic E-state index is 12.1. The number of hydrogen-bond donors (Lipinski definition) is 1. The lowest BCUT2D eigenvalue weighted by Crippen LogP contribution is -2.25. The van der Waals surface area contributed by atoms with E-state index in [1.807, 2.05) is 6.92 Å². The molecular formula is C13H27NO2S. The minimum absolute atomic E-state index is 0.177. The van der Waals surface area contributed by atoms with Gasteiger partial charge < -0.3 is 10.5 Å². The first-order valence-corrected chi connectivity index (χ1v) is 8.03. The third kappa shape index (κ3) is 5.06. The Balaban J connectivity index is 2.16. The zero-order chi connectivity index (χ0) is 12.9. The van der Waals surface area contributed by atoms with Crippen molar-refractivity contribution in [1.82, 2.24) is 0 Å². The van der Waals surface area contributed by atoms with Crippen molar-refractivity contribution in [3.05, 3.63) is 0 Å². The lowest BCUT2D eigenvalue weighted by molar-refractivity contribution is 0.127. The summed E-state index contributed by atoms with van der Waals surface area (Å²) in [5.41, 5.74) is 5.92. The minimum atomic E-state index is -0.712. The molecule has 0 aromatic carbocycles. The van der Waals surface area contributed by atoms with E-state index in [1.165, 1.54) is 0 Å². The maximum Gasteiger partial charge on any atom is 0.0691 e. The second-order valence-electron chi connectivity index (χ2n) is 5.81. The first-order valence-electron chi connectivity index (χ1n) is 6.65. The van der Waals surface area contributed by atoms with Crippen LogP contribution >= 0.6 is 0 Å².